The largest absolute Gasteiger partial charge is 0.394 e. The zero-order chi connectivity index (χ0) is 6.57. The lowest BCUT2D eigenvalue weighted by atomic mass is 10.2. The quantitative estimate of drug-likeness (QED) is 0.618. The van der Waals surface area contributed by atoms with Crippen LogP contribution in [0, 0.1) is 5.92 Å². The second-order valence-electron chi connectivity index (χ2n) is 2.02. The topological polar surface area (TPSA) is 26.0 Å². The van der Waals surface area contributed by atoms with Crippen molar-refractivity contribution >= 4 is 11.8 Å². The van der Waals surface area contributed by atoms with E-state index in [4.69, 9.17) is 5.73 Å². The molecule has 2 heteroatoms. The summed E-state index contributed by atoms with van der Waals surface area (Å²) < 4.78 is 0. The van der Waals surface area contributed by atoms with Gasteiger partial charge >= 0.3 is 0 Å². The Hall–Kier alpha value is -0.110. The zero-order valence-electron chi connectivity index (χ0n) is 5.64. The fourth-order valence-electron chi connectivity index (χ4n) is 0.397. The molecule has 0 saturated carbocycles. The molecule has 0 aliphatic carbocycles. The van der Waals surface area contributed by atoms with Gasteiger partial charge in [-0.25, -0.2) is 0 Å². The summed E-state index contributed by atoms with van der Waals surface area (Å²) in [5, 5.41) is 0.917. The van der Waals surface area contributed by atoms with E-state index in [1.165, 1.54) is 0 Å². The Labute approximate surface area is 55.3 Å². The second kappa shape index (κ2) is 3.84. The number of hydrogen-bond acceptors (Lipinski definition) is 2. The first-order chi connectivity index (χ1) is 3.66. The standard InChI is InChI=1S/C6H13NS/c1-5(2)4-6(7)8-3/h4-5H,7H2,1-3H3/b6-4-. The Balaban J connectivity index is 3.56. The Morgan fingerprint density at radius 3 is 2.25 bits per heavy atom. The summed E-state index contributed by atoms with van der Waals surface area (Å²) in [6.45, 7) is 4.23. The van der Waals surface area contributed by atoms with E-state index in [-0.39, 0.29) is 0 Å². The van der Waals surface area contributed by atoms with Crippen molar-refractivity contribution in [1.29, 1.82) is 0 Å². The highest BCUT2D eigenvalue weighted by molar-refractivity contribution is 8.02. The van der Waals surface area contributed by atoms with Crippen molar-refractivity contribution in [2.24, 2.45) is 11.7 Å². The van der Waals surface area contributed by atoms with Crippen molar-refractivity contribution in [3.05, 3.63) is 11.1 Å². The first-order valence-electron chi connectivity index (χ1n) is 2.68. The predicted molar refractivity (Wildman–Crippen MR) is 40.6 cm³/mol. The smallest absolute Gasteiger partial charge is 0.0614 e. The summed E-state index contributed by atoms with van der Waals surface area (Å²) in [7, 11) is 0. The van der Waals surface area contributed by atoms with E-state index in [0.717, 1.165) is 5.03 Å². The third kappa shape index (κ3) is 4.06. The van der Waals surface area contributed by atoms with Crippen LogP contribution in [0.25, 0.3) is 0 Å². The number of thioether (sulfide) groups is 1. The van der Waals surface area contributed by atoms with Gasteiger partial charge in [-0.05, 0) is 12.2 Å². The highest BCUT2D eigenvalue weighted by atomic mass is 32.2. The van der Waals surface area contributed by atoms with Gasteiger partial charge in [-0.1, -0.05) is 19.9 Å². The van der Waals surface area contributed by atoms with Crippen molar-refractivity contribution in [1.82, 2.24) is 0 Å². The molecule has 1 nitrogen and oxygen atoms in total. The molecule has 0 amide bonds. The number of hydrogen-bond donors (Lipinski definition) is 1. The van der Waals surface area contributed by atoms with E-state index in [0.29, 0.717) is 5.92 Å². The molecule has 0 aromatic carbocycles. The fraction of sp³-hybridized carbons (Fsp3) is 0.667. The van der Waals surface area contributed by atoms with Gasteiger partial charge in [0, 0.05) is 0 Å². The molecule has 0 aliphatic heterocycles. The predicted octanol–water partition coefficient (Wildman–Crippen LogP) is 1.81. The molecule has 0 radical (unpaired) electrons. The summed E-state index contributed by atoms with van der Waals surface area (Å²) in [6.07, 6.45) is 4.03. The molecule has 0 heterocycles. The maximum atomic E-state index is 5.50. The molecule has 2 N–H and O–H groups in total. The van der Waals surface area contributed by atoms with Gasteiger partial charge in [0.25, 0.3) is 0 Å². The number of allylic oxidation sites excluding steroid dienone is 1. The van der Waals surface area contributed by atoms with Crippen LogP contribution in [0.4, 0.5) is 0 Å². The minimum atomic E-state index is 0.572. The lowest BCUT2D eigenvalue weighted by molar-refractivity contribution is 0.827. The lowest BCUT2D eigenvalue weighted by Crippen LogP contribution is -1.93. The van der Waals surface area contributed by atoms with Crippen molar-refractivity contribution in [2.45, 2.75) is 13.8 Å². The zero-order valence-corrected chi connectivity index (χ0v) is 6.46. The summed E-state index contributed by atoms with van der Waals surface area (Å²) in [6, 6.07) is 0. The molecular formula is C6H13NS. The van der Waals surface area contributed by atoms with Gasteiger partial charge in [0.1, 0.15) is 0 Å². The molecule has 0 rings (SSSR count). The summed E-state index contributed by atoms with van der Waals surface area (Å²) in [5.74, 6) is 0.572. The van der Waals surface area contributed by atoms with Crippen LogP contribution < -0.4 is 5.73 Å². The van der Waals surface area contributed by atoms with Gasteiger partial charge in [0.05, 0.1) is 5.03 Å². The van der Waals surface area contributed by atoms with Crippen molar-refractivity contribution in [2.75, 3.05) is 6.26 Å². The van der Waals surface area contributed by atoms with Gasteiger partial charge in [0.15, 0.2) is 0 Å². The molecule has 0 spiro atoms. The van der Waals surface area contributed by atoms with E-state index < -0.39 is 0 Å². The average Bonchev–Trinajstić information content (AvgIpc) is 1.65. The molecule has 0 fully saturated rings. The van der Waals surface area contributed by atoms with E-state index in [9.17, 15) is 0 Å². The molecule has 0 aromatic heterocycles. The van der Waals surface area contributed by atoms with E-state index >= 15 is 0 Å². The highest BCUT2D eigenvalue weighted by Gasteiger charge is 1.87. The van der Waals surface area contributed by atoms with Gasteiger partial charge in [-0.3, -0.25) is 0 Å². The van der Waals surface area contributed by atoms with Crippen molar-refractivity contribution in [3.63, 3.8) is 0 Å². The molecular weight excluding hydrogens is 118 g/mol. The molecule has 0 atom stereocenters. The van der Waals surface area contributed by atoms with Crippen LogP contribution in [0.15, 0.2) is 11.1 Å². The Bertz CT molecular complexity index is 86.5. The maximum absolute atomic E-state index is 5.50. The molecule has 0 aromatic rings. The summed E-state index contributed by atoms with van der Waals surface area (Å²) in [5.41, 5.74) is 5.50. The third-order valence-electron chi connectivity index (χ3n) is 0.733. The number of nitrogens with two attached hydrogens (primary N) is 1. The second-order valence-corrected chi connectivity index (χ2v) is 2.90. The van der Waals surface area contributed by atoms with Gasteiger partial charge in [-0.15, -0.1) is 11.8 Å². The van der Waals surface area contributed by atoms with Crippen LogP contribution in [-0.2, 0) is 0 Å². The fourth-order valence-corrected chi connectivity index (χ4v) is 0.805. The Kier molecular flexibility index (Phi) is 3.79. The molecule has 48 valence electrons. The van der Waals surface area contributed by atoms with Gasteiger partial charge < -0.3 is 5.73 Å². The lowest BCUT2D eigenvalue weighted by Gasteiger charge is -1.96. The summed E-state index contributed by atoms with van der Waals surface area (Å²) in [4.78, 5) is 0. The van der Waals surface area contributed by atoms with Crippen LogP contribution in [0.1, 0.15) is 13.8 Å². The van der Waals surface area contributed by atoms with Crippen LogP contribution in [0.2, 0.25) is 0 Å². The van der Waals surface area contributed by atoms with Crippen LogP contribution in [0.5, 0.6) is 0 Å². The highest BCUT2D eigenvalue weighted by Crippen LogP contribution is 2.06. The van der Waals surface area contributed by atoms with Gasteiger partial charge in [0.2, 0.25) is 0 Å². The minimum absolute atomic E-state index is 0.572. The van der Waals surface area contributed by atoms with Crippen molar-refractivity contribution < 1.29 is 0 Å². The normalized spacial score (nSPS) is 12.8. The first-order valence-corrected chi connectivity index (χ1v) is 3.90. The first kappa shape index (κ1) is 7.89. The van der Waals surface area contributed by atoms with Crippen LogP contribution in [-0.4, -0.2) is 6.26 Å². The summed E-state index contributed by atoms with van der Waals surface area (Å²) >= 11 is 1.59. The van der Waals surface area contributed by atoms with E-state index in [1.54, 1.807) is 11.8 Å². The van der Waals surface area contributed by atoms with Crippen LogP contribution >= 0.6 is 11.8 Å². The molecule has 0 aliphatic rings. The van der Waals surface area contributed by atoms with Crippen molar-refractivity contribution in [3.8, 4) is 0 Å². The SMILES string of the molecule is CS/C(N)=C\C(C)C. The Morgan fingerprint density at radius 2 is 2.12 bits per heavy atom. The molecule has 0 bridgehead atoms. The van der Waals surface area contributed by atoms with Crippen LogP contribution in [0.3, 0.4) is 0 Å². The Morgan fingerprint density at radius 1 is 1.62 bits per heavy atom. The molecule has 0 saturated heterocycles. The van der Waals surface area contributed by atoms with Gasteiger partial charge in [-0.2, -0.15) is 0 Å². The number of rotatable bonds is 2. The third-order valence-corrected chi connectivity index (χ3v) is 1.34. The molecule has 8 heavy (non-hydrogen) atoms. The monoisotopic (exact) mass is 131 g/mol. The van der Waals surface area contributed by atoms with E-state index in [1.807, 2.05) is 12.3 Å². The minimum Gasteiger partial charge on any atom is -0.394 e. The maximum Gasteiger partial charge on any atom is 0.0614 e. The molecule has 0 unspecified atom stereocenters. The van der Waals surface area contributed by atoms with E-state index in [2.05, 4.69) is 13.8 Å². The average molecular weight is 131 g/mol.